The summed E-state index contributed by atoms with van der Waals surface area (Å²) in [7, 11) is -1.84. The van der Waals surface area contributed by atoms with Crippen LogP contribution in [0.5, 0.6) is 0 Å². The van der Waals surface area contributed by atoms with Crippen LogP contribution in [0.1, 0.15) is 17.3 Å². The fourth-order valence-corrected chi connectivity index (χ4v) is 4.43. The minimum absolute atomic E-state index is 0.217. The number of pyridine rings is 1. The summed E-state index contributed by atoms with van der Waals surface area (Å²) in [4.78, 5) is 5.87. The Morgan fingerprint density at radius 3 is 2.86 bits per heavy atom. The van der Waals surface area contributed by atoms with Gasteiger partial charge in [-0.15, -0.1) is 11.3 Å². The number of nitrogens with one attached hydrogen (secondary N) is 1. The van der Waals surface area contributed by atoms with Crippen LogP contribution in [-0.4, -0.2) is 31.3 Å². The van der Waals surface area contributed by atoms with Gasteiger partial charge >= 0.3 is 0 Å². The average Bonchev–Trinajstić information content (AvgIpc) is 2.92. The molecule has 2 aromatic rings. The molecule has 0 unspecified atom stereocenters. The van der Waals surface area contributed by atoms with Crippen molar-refractivity contribution in [1.82, 2.24) is 14.0 Å². The highest BCUT2D eigenvalue weighted by atomic mass is 32.2. The normalized spacial score (nSPS) is 22.3. The molecule has 3 rings (SSSR count). The summed E-state index contributed by atoms with van der Waals surface area (Å²) in [5.74, 6) is -0.376. The molecule has 0 spiro atoms. The Kier molecular flexibility index (Phi) is 3.78. The van der Waals surface area contributed by atoms with Crippen LogP contribution in [0.4, 0.5) is 4.39 Å². The molecule has 1 aliphatic heterocycles. The zero-order valence-electron chi connectivity index (χ0n) is 11.3. The number of rotatable bonds is 2. The first-order chi connectivity index (χ1) is 9.95. The molecule has 0 aromatic carbocycles. The zero-order chi connectivity index (χ0) is 15.0. The molecule has 1 saturated heterocycles. The SMILES string of the molecule is CN1CC[C@@H](c2ccc(-c3ccc(F)cn3)s2)NS1(=O)=O. The Morgan fingerprint density at radius 2 is 2.19 bits per heavy atom. The van der Waals surface area contributed by atoms with Crippen LogP contribution in [-0.2, 0) is 10.2 Å². The summed E-state index contributed by atoms with van der Waals surface area (Å²) in [6.45, 7) is 0.488. The van der Waals surface area contributed by atoms with Gasteiger partial charge in [0.1, 0.15) is 5.82 Å². The van der Waals surface area contributed by atoms with Crippen molar-refractivity contribution < 1.29 is 12.8 Å². The fourth-order valence-electron chi connectivity index (χ4n) is 2.16. The van der Waals surface area contributed by atoms with Crippen LogP contribution in [0.15, 0.2) is 30.5 Å². The lowest BCUT2D eigenvalue weighted by molar-refractivity contribution is 0.384. The molecular weight excluding hydrogens is 313 g/mol. The Hall–Kier alpha value is -1.35. The second-order valence-corrected chi connectivity index (χ2v) is 7.77. The van der Waals surface area contributed by atoms with Gasteiger partial charge in [0.15, 0.2) is 0 Å². The molecule has 0 aliphatic carbocycles. The van der Waals surface area contributed by atoms with Crippen molar-refractivity contribution >= 4 is 21.5 Å². The van der Waals surface area contributed by atoms with Gasteiger partial charge in [-0.25, -0.2) is 4.39 Å². The van der Waals surface area contributed by atoms with Gasteiger partial charge in [0.25, 0.3) is 10.2 Å². The van der Waals surface area contributed by atoms with Crippen molar-refractivity contribution in [1.29, 1.82) is 0 Å². The van der Waals surface area contributed by atoms with E-state index in [9.17, 15) is 12.8 Å². The molecule has 2 aromatic heterocycles. The molecule has 0 saturated carbocycles. The van der Waals surface area contributed by atoms with Gasteiger partial charge < -0.3 is 0 Å². The molecule has 3 heterocycles. The Labute approximate surface area is 126 Å². The molecule has 0 amide bonds. The summed E-state index contributed by atoms with van der Waals surface area (Å²) in [5.41, 5.74) is 0.684. The number of aromatic nitrogens is 1. The molecule has 0 radical (unpaired) electrons. The number of hydrogen-bond acceptors (Lipinski definition) is 4. The first kappa shape index (κ1) is 14.6. The van der Waals surface area contributed by atoms with Crippen molar-refractivity contribution in [2.45, 2.75) is 12.5 Å². The van der Waals surface area contributed by atoms with E-state index in [1.54, 1.807) is 13.1 Å². The lowest BCUT2D eigenvalue weighted by Crippen LogP contribution is -2.46. The van der Waals surface area contributed by atoms with Gasteiger partial charge in [0, 0.05) is 18.5 Å². The minimum atomic E-state index is -3.39. The predicted molar refractivity (Wildman–Crippen MR) is 79.6 cm³/mol. The van der Waals surface area contributed by atoms with Crippen LogP contribution in [0.2, 0.25) is 0 Å². The number of hydrogen-bond donors (Lipinski definition) is 1. The van der Waals surface area contributed by atoms with Gasteiger partial charge in [-0.3, -0.25) is 4.98 Å². The van der Waals surface area contributed by atoms with Crippen LogP contribution >= 0.6 is 11.3 Å². The standard InChI is InChI=1S/C13H14FN3O2S2/c1-17-7-6-11(16-21(17,18)19)13-5-4-12(20-13)10-3-2-9(14)8-15-10/h2-5,8,11,16H,6-7H2,1H3/t11-/m0/s1. The third-order valence-electron chi connectivity index (χ3n) is 3.38. The molecule has 21 heavy (non-hydrogen) atoms. The Morgan fingerprint density at radius 1 is 1.38 bits per heavy atom. The highest BCUT2D eigenvalue weighted by molar-refractivity contribution is 7.87. The van der Waals surface area contributed by atoms with Gasteiger partial charge in [-0.2, -0.15) is 17.4 Å². The van der Waals surface area contributed by atoms with Crippen LogP contribution in [0, 0.1) is 5.82 Å². The molecule has 5 nitrogen and oxygen atoms in total. The van der Waals surface area contributed by atoms with E-state index in [2.05, 4.69) is 9.71 Å². The first-order valence-electron chi connectivity index (χ1n) is 6.41. The second kappa shape index (κ2) is 5.45. The van der Waals surface area contributed by atoms with Crippen molar-refractivity contribution in [3.8, 4) is 10.6 Å². The predicted octanol–water partition coefficient (Wildman–Crippen LogP) is 2.16. The van der Waals surface area contributed by atoms with Crippen molar-refractivity contribution in [3.05, 3.63) is 41.2 Å². The third kappa shape index (κ3) is 2.98. The molecule has 1 atom stereocenters. The Balaban J connectivity index is 1.84. The van der Waals surface area contributed by atoms with Gasteiger partial charge in [0.2, 0.25) is 0 Å². The van der Waals surface area contributed by atoms with E-state index >= 15 is 0 Å². The monoisotopic (exact) mass is 327 g/mol. The van der Waals surface area contributed by atoms with Crippen LogP contribution in [0.3, 0.4) is 0 Å². The van der Waals surface area contributed by atoms with E-state index in [-0.39, 0.29) is 11.9 Å². The lowest BCUT2D eigenvalue weighted by Gasteiger charge is -2.29. The highest BCUT2D eigenvalue weighted by Gasteiger charge is 2.30. The van der Waals surface area contributed by atoms with Gasteiger partial charge in [-0.1, -0.05) is 0 Å². The summed E-state index contributed by atoms with van der Waals surface area (Å²) in [6.07, 6.45) is 1.89. The molecule has 8 heteroatoms. The maximum atomic E-state index is 12.9. The first-order valence-corrected chi connectivity index (χ1v) is 8.66. The maximum absolute atomic E-state index is 12.9. The minimum Gasteiger partial charge on any atom is -0.252 e. The van der Waals surface area contributed by atoms with Crippen molar-refractivity contribution in [2.75, 3.05) is 13.6 Å². The summed E-state index contributed by atoms with van der Waals surface area (Å²) in [5, 5.41) is 0. The summed E-state index contributed by atoms with van der Waals surface area (Å²) < 4.78 is 40.5. The van der Waals surface area contributed by atoms with E-state index in [1.807, 2.05) is 12.1 Å². The molecule has 0 bridgehead atoms. The fraction of sp³-hybridized carbons (Fsp3) is 0.308. The van der Waals surface area contributed by atoms with Gasteiger partial charge in [-0.05, 0) is 30.7 Å². The average molecular weight is 327 g/mol. The third-order valence-corrected chi connectivity index (χ3v) is 6.19. The molecule has 112 valence electrons. The second-order valence-electron chi connectivity index (χ2n) is 4.85. The number of halogens is 1. The molecular formula is C13H14FN3O2S2. The zero-order valence-corrected chi connectivity index (χ0v) is 12.9. The molecule has 1 fully saturated rings. The van der Waals surface area contributed by atoms with Crippen molar-refractivity contribution in [3.63, 3.8) is 0 Å². The number of thiophene rings is 1. The van der Waals surface area contributed by atoms with E-state index < -0.39 is 10.2 Å². The molecule has 1 N–H and O–H groups in total. The van der Waals surface area contributed by atoms with Crippen LogP contribution in [0.25, 0.3) is 10.6 Å². The largest absolute Gasteiger partial charge is 0.279 e. The maximum Gasteiger partial charge on any atom is 0.279 e. The van der Waals surface area contributed by atoms with E-state index in [0.29, 0.717) is 18.7 Å². The summed E-state index contributed by atoms with van der Waals surface area (Å²) >= 11 is 1.47. The van der Waals surface area contributed by atoms with Crippen molar-refractivity contribution in [2.24, 2.45) is 0 Å². The smallest absolute Gasteiger partial charge is 0.252 e. The van der Waals surface area contributed by atoms with E-state index in [1.165, 1.54) is 27.9 Å². The highest BCUT2D eigenvalue weighted by Crippen LogP contribution is 2.33. The van der Waals surface area contributed by atoms with E-state index in [0.717, 1.165) is 9.75 Å². The lowest BCUT2D eigenvalue weighted by atomic mass is 10.2. The van der Waals surface area contributed by atoms with Gasteiger partial charge in [0.05, 0.1) is 22.8 Å². The topological polar surface area (TPSA) is 62.3 Å². The van der Waals surface area contributed by atoms with E-state index in [4.69, 9.17) is 0 Å². The quantitative estimate of drug-likeness (QED) is 0.919. The summed E-state index contributed by atoms with van der Waals surface area (Å²) in [6, 6.07) is 6.53. The van der Waals surface area contributed by atoms with Crippen LogP contribution < -0.4 is 4.72 Å². The number of nitrogens with zero attached hydrogens (tertiary/aromatic N) is 2. The molecule has 1 aliphatic rings. The Bertz CT molecular complexity index is 743.